The smallest absolute Gasteiger partial charge is 0.223 e. The standard InChI is InChI=1S/C16H25NO3/c1-4-5-14(18)11-17-16(19)8-9-20-15-7-6-12(2)10-13(15)3/h6-7,10,14,18H,4-5,8-9,11H2,1-3H3,(H,17,19). The lowest BCUT2D eigenvalue weighted by molar-refractivity contribution is -0.122. The molecule has 1 aromatic carbocycles. The van der Waals surface area contributed by atoms with E-state index in [0.29, 0.717) is 26.0 Å². The summed E-state index contributed by atoms with van der Waals surface area (Å²) in [5, 5.41) is 12.2. The van der Waals surface area contributed by atoms with Crippen molar-refractivity contribution in [3.63, 3.8) is 0 Å². The molecule has 0 aliphatic rings. The van der Waals surface area contributed by atoms with Crippen LogP contribution in [0.5, 0.6) is 5.75 Å². The number of hydrogen-bond donors (Lipinski definition) is 2. The number of carbonyl (C=O) groups is 1. The lowest BCUT2D eigenvalue weighted by atomic mass is 10.1. The summed E-state index contributed by atoms with van der Waals surface area (Å²) in [4.78, 5) is 11.6. The summed E-state index contributed by atoms with van der Waals surface area (Å²) < 4.78 is 5.59. The van der Waals surface area contributed by atoms with Crippen LogP contribution >= 0.6 is 0 Å². The Morgan fingerprint density at radius 2 is 2.15 bits per heavy atom. The third-order valence-corrected chi connectivity index (χ3v) is 3.07. The molecule has 1 atom stereocenters. The quantitative estimate of drug-likeness (QED) is 0.768. The van der Waals surface area contributed by atoms with Gasteiger partial charge in [-0.25, -0.2) is 0 Å². The Labute approximate surface area is 121 Å². The molecule has 112 valence electrons. The number of rotatable bonds is 8. The van der Waals surface area contributed by atoms with Gasteiger partial charge >= 0.3 is 0 Å². The molecular weight excluding hydrogens is 254 g/mol. The minimum atomic E-state index is -0.454. The maximum Gasteiger partial charge on any atom is 0.223 e. The monoisotopic (exact) mass is 279 g/mol. The van der Waals surface area contributed by atoms with E-state index in [1.54, 1.807) is 0 Å². The van der Waals surface area contributed by atoms with Crippen LogP contribution in [0.4, 0.5) is 0 Å². The number of amides is 1. The van der Waals surface area contributed by atoms with E-state index in [-0.39, 0.29) is 5.91 Å². The first kappa shape index (κ1) is 16.5. The highest BCUT2D eigenvalue weighted by Crippen LogP contribution is 2.18. The second-order valence-electron chi connectivity index (χ2n) is 5.11. The first-order valence-electron chi connectivity index (χ1n) is 7.17. The zero-order valence-corrected chi connectivity index (χ0v) is 12.6. The highest BCUT2D eigenvalue weighted by atomic mass is 16.5. The van der Waals surface area contributed by atoms with Gasteiger partial charge in [0, 0.05) is 6.54 Å². The topological polar surface area (TPSA) is 58.6 Å². The SMILES string of the molecule is CCCC(O)CNC(=O)CCOc1ccc(C)cc1C. The van der Waals surface area contributed by atoms with Crippen molar-refractivity contribution in [3.05, 3.63) is 29.3 Å². The van der Waals surface area contributed by atoms with Crippen molar-refractivity contribution in [2.45, 2.75) is 46.1 Å². The Morgan fingerprint density at radius 1 is 1.40 bits per heavy atom. The van der Waals surface area contributed by atoms with Gasteiger partial charge in [0.2, 0.25) is 5.91 Å². The van der Waals surface area contributed by atoms with Gasteiger partial charge < -0.3 is 15.2 Å². The predicted octanol–water partition coefficient (Wildman–Crippen LogP) is 2.35. The summed E-state index contributed by atoms with van der Waals surface area (Å²) in [7, 11) is 0. The Hall–Kier alpha value is -1.55. The number of aliphatic hydroxyl groups excluding tert-OH is 1. The van der Waals surface area contributed by atoms with Gasteiger partial charge in [0.1, 0.15) is 5.75 Å². The van der Waals surface area contributed by atoms with Crippen molar-refractivity contribution >= 4 is 5.91 Å². The minimum absolute atomic E-state index is 0.0927. The molecule has 0 aliphatic carbocycles. The van der Waals surface area contributed by atoms with Gasteiger partial charge in [-0.2, -0.15) is 0 Å². The maximum atomic E-state index is 11.6. The number of aliphatic hydroxyl groups is 1. The highest BCUT2D eigenvalue weighted by Gasteiger charge is 2.07. The van der Waals surface area contributed by atoms with E-state index < -0.39 is 6.10 Å². The van der Waals surface area contributed by atoms with Crippen molar-refractivity contribution in [2.75, 3.05) is 13.2 Å². The Bertz CT molecular complexity index is 432. The van der Waals surface area contributed by atoms with Gasteiger partial charge in [0.25, 0.3) is 0 Å². The molecule has 0 saturated heterocycles. The van der Waals surface area contributed by atoms with Gasteiger partial charge in [-0.05, 0) is 31.9 Å². The van der Waals surface area contributed by atoms with Gasteiger partial charge in [-0.1, -0.05) is 31.0 Å². The molecule has 0 radical (unpaired) electrons. The van der Waals surface area contributed by atoms with Gasteiger partial charge in [0.05, 0.1) is 19.1 Å². The Kier molecular flexibility index (Phi) is 7.09. The fraction of sp³-hybridized carbons (Fsp3) is 0.562. The molecule has 0 spiro atoms. The van der Waals surface area contributed by atoms with Crippen LogP contribution in [0.3, 0.4) is 0 Å². The van der Waals surface area contributed by atoms with Crippen LogP contribution in [-0.2, 0) is 4.79 Å². The molecule has 2 N–H and O–H groups in total. The summed E-state index contributed by atoms with van der Waals surface area (Å²) >= 11 is 0. The van der Waals surface area contributed by atoms with E-state index in [9.17, 15) is 9.90 Å². The molecule has 0 bridgehead atoms. The third-order valence-electron chi connectivity index (χ3n) is 3.07. The molecule has 0 saturated carbocycles. The molecule has 20 heavy (non-hydrogen) atoms. The molecule has 1 aromatic rings. The summed E-state index contributed by atoms with van der Waals surface area (Å²) in [6.07, 6.45) is 1.46. The molecule has 1 unspecified atom stereocenters. The largest absolute Gasteiger partial charge is 0.493 e. The van der Waals surface area contributed by atoms with Gasteiger partial charge in [0.15, 0.2) is 0 Å². The predicted molar refractivity (Wildman–Crippen MR) is 80.0 cm³/mol. The van der Waals surface area contributed by atoms with Crippen LogP contribution in [0.2, 0.25) is 0 Å². The van der Waals surface area contributed by atoms with E-state index in [1.165, 1.54) is 5.56 Å². The van der Waals surface area contributed by atoms with Crippen molar-refractivity contribution in [2.24, 2.45) is 0 Å². The number of nitrogens with one attached hydrogen (secondary N) is 1. The van der Waals surface area contributed by atoms with E-state index in [2.05, 4.69) is 11.4 Å². The lowest BCUT2D eigenvalue weighted by Crippen LogP contribution is -2.32. The van der Waals surface area contributed by atoms with Crippen molar-refractivity contribution < 1.29 is 14.6 Å². The first-order valence-corrected chi connectivity index (χ1v) is 7.17. The second-order valence-corrected chi connectivity index (χ2v) is 5.11. The van der Waals surface area contributed by atoms with Crippen LogP contribution in [0, 0.1) is 13.8 Å². The number of benzene rings is 1. The fourth-order valence-electron chi connectivity index (χ4n) is 1.97. The second kappa shape index (κ2) is 8.59. The Balaban J connectivity index is 2.24. The van der Waals surface area contributed by atoms with Crippen LogP contribution in [-0.4, -0.2) is 30.3 Å². The Morgan fingerprint density at radius 3 is 2.80 bits per heavy atom. The maximum absolute atomic E-state index is 11.6. The zero-order chi connectivity index (χ0) is 15.0. The average molecular weight is 279 g/mol. The molecule has 0 fully saturated rings. The van der Waals surface area contributed by atoms with E-state index in [1.807, 2.05) is 32.9 Å². The highest BCUT2D eigenvalue weighted by molar-refractivity contribution is 5.76. The third kappa shape index (κ3) is 6.06. The van der Waals surface area contributed by atoms with E-state index in [0.717, 1.165) is 17.7 Å². The van der Waals surface area contributed by atoms with Crippen LogP contribution < -0.4 is 10.1 Å². The van der Waals surface area contributed by atoms with E-state index >= 15 is 0 Å². The summed E-state index contributed by atoms with van der Waals surface area (Å²) in [6, 6.07) is 5.97. The summed E-state index contributed by atoms with van der Waals surface area (Å²) in [6.45, 7) is 6.69. The number of hydrogen-bond acceptors (Lipinski definition) is 3. The van der Waals surface area contributed by atoms with Crippen molar-refractivity contribution in [3.8, 4) is 5.75 Å². The molecule has 4 heteroatoms. The molecule has 1 amide bonds. The summed E-state index contributed by atoms with van der Waals surface area (Å²) in [5.41, 5.74) is 2.27. The van der Waals surface area contributed by atoms with Gasteiger partial charge in [-0.15, -0.1) is 0 Å². The molecule has 1 rings (SSSR count). The minimum Gasteiger partial charge on any atom is -0.493 e. The molecular formula is C16H25NO3. The number of aryl methyl sites for hydroxylation is 2. The summed E-state index contributed by atoms with van der Waals surface area (Å²) in [5.74, 6) is 0.722. The molecule has 0 aromatic heterocycles. The number of carbonyl (C=O) groups excluding carboxylic acids is 1. The van der Waals surface area contributed by atoms with Crippen molar-refractivity contribution in [1.82, 2.24) is 5.32 Å². The van der Waals surface area contributed by atoms with Crippen LogP contribution in [0.25, 0.3) is 0 Å². The van der Waals surface area contributed by atoms with Gasteiger partial charge in [-0.3, -0.25) is 4.79 Å². The average Bonchev–Trinajstić information content (AvgIpc) is 2.39. The van der Waals surface area contributed by atoms with Crippen LogP contribution in [0.15, 0.2) is 18.2 Å². The molecule has 0 heterocycles. The molecule has 4 nitrogen and oxygen atoms in total. The van der Waals surface area contributed by atoms with E-state index in [4.69, 9.17) is 4.74 Å². The fourth-order valence-corrected chi connectivity index (χ4v) is 1.97. The molecule has 0 aliphatic heterocycles. The first-order chi connectivity index (χ1) is 9.52. The van der Waals surface area contributed by atoms with Crippen molar-refractivity contribution in [1.29, 1.82) is 0 Å². The normalized spacial score (nSPS) is 12.0. The number of ether oxygens (including phenoxy) is 1. The lowest BCUT2D eigenvalue weighted by Gasteiger charge is -2.12. The van der Waals surface area contributed by atoms with Crippen LogP contribution in [0.1, 0.15) is 37.3 Å². The zero-order valence-electron chi connectivity index (χ0n) is 12.6.